The first kappa shape index (κ1) is 33.5. The molecule has 1 aromatic rings. The van der Waals surface area contributed by atoms with Crippen LogP contribution in [0.25, 0.3) is 0 Å². The van der Waals surface area contributed by atoms with Crippen LogP contribution in [0.5, 0.6) is 5.75 Å². The molecule has 1 aromatic carbocycles. The highest BCUT2D eigenvalue weighted by Gasteiger charge is 2.41. The maximum absolute atomic E-state index is 13.8. The number of likely N-dealkylation sites (tertiary alicyclic amines) is 1. The van der Waals surface area contributed by atoms with Gasteiger partial charge in [0.15, 0.2) is 11.6 Å². The summed E-state index contributed by atoms with van der Waals surface area (Å²) in [6, 6.07) is 0.00125. The number of Topliss-reactive ketones (excluding diaryl/α,β-unsaturated/α-hetero) is 1. The lowest BCUT2D eigenvalue weighted by Crippen LogP contribution is -2.38. The molecule has 3 fully saturated rings. The maximum atomic E-state index is 13.8. The number of hydrogen-bond donors (Lipinski definition) is 0. The Hall–Kier alpha value is -2.43. The number of halogens is 4. The van der Waals surface area contributed by atoms with Crippen LogP contribution in [0.2, 0.25) is 0 Å². The van der Waals surface area contributed by atoms with Gasteiger partial charge in [-0.1, -0.05) is 57.8 Å². The molecule has 0 spiro atoms. The number of esters is 1. The summed E-state index contributed by atoms with van der Waals surface area (Å²) in [5.74, 6) is -10.5. The van der Waals surface area contributed by atoms with Gasteiger partial charge in [-0.25, -0.2) is 8.78 Å². The first-order chi connectivity index (χ1) is 20.7. The van der Waals surface area contributed by atoms with E-state index in [-0.39, 0.29) is 42.7 Å². The second-order valence-corrected chi connectivity index (χ2v) is 13.4. The molecule has 1 heterocycles. The zero-order valence-electron chi connectivity index (χ0n) is 24.5. The summed E-state index contributed by atoms with van der Waals surface area (Å²) in [5.41, 5.74) is 0. The number of rotatable bonds is 8. The van der Waals surface area contributed by atoms with Gasteiger partial charge in [-0.3, -0.25) is 24.1 Å². The third-order valence-corrected chi connectivity index (χ3v) is 10.3. The predicted octanol–water partition coefficient (Wildman–Crippen LogP) is 7.31. The molecule has 0 bridgehead atoms. The van der Waals surface area contributed by atoms with Crippen molar-refractivity contribution in [3.8, 4) is 5.75 Å². The summed E-state index contributed by atoms with van der Waals surface area (Å²) < 4.78 is 58.8. The molecule has 43 heavy (non-hydrogen) atoms. The zero-order valence-corrected chi connectivity index (χ0v) is 25.3. The average molecular weight is 628 g/mol. The van der Waals surface area contributed by atoms with Crippen LogP contribution in [-0.4, -0.2) is 46.0 Å². The minimum absolute atomic E-state index is 0.00125. The Kier molecular flexibility index (Phi) is 12.5. The fourth-order valence-corrected chi connectivity index (χ4v) is 7.52. The van der Waals surface area contributed by atoms with Gasteiger partial charge in [-0.15, -0.1) is 11.8 Å². The van der Waals surface area contributed by atoms with Crippen molar-refractivity contribution in [2.75, 3.05) is 12.3 Å². The van der Waals surface area contributed by atoms with Crippen LogP contribution < -0.4 is 4.74 Å². The molecule has 0 radical (unpaired) electrons. The minimum atomic E-state index is -1.84. The van der Waals surface area contributed by atoms with Gasteiger partial charge in [-0.2, -0.15) is 8.78 Å². The monoisotopic (exact) mass is 627 g/mol. The third kappa shape index (κ3) is 9.05. The second-order valence-electron chi connectivity index (χ2n) is 12.2. The van der Waals surface area contributed by atoms with Crippen molar-refractivity contribution in [2.24, 2.45) is 17.8 Å². The summed E-state index contributed by atoms with van der Waals surface area (Å²) in [7, 11) is 0. The molecular formula is C32H41F4NO5S. The molecule has 2 saturated carbocycles. The Morgan fingerprint density at radius 3 is 1.84 bits per heavy atom. The van der Waals surface area contributed by atoms with Gasteiger partial charge >= 0.3 is 5.97 Å². The Balaban J connectivity index is 1.22. The summed E-state index contributed by atoms with van der Waals surface area (Å²) in [5, 5.41) is -0.877. The largest absolute Gasteiger partial charge is 0.419 e. The van der Waals surface area contributed by atoms with Crippen molar-refractivity contribution in [2.45, 2.75) is 108 Å². The highest BCUT2D eigenvalue weighted by molar-refractivity contribution is 8.01. The number of carbonyl (C=O) groups is 4. The fourth-order valence-electron chi connectivity index (χ4n) is 6.60. The summed E-state index contributed by atoms with van der Waals surface area (Å²) in [4.78, 5) is 52.4. The van der Waals surface area contributed by atoms with E-state index in [1.807, 2.05) is 0 Å². The van der Waals surface area contributed by atoms with Gasteiger partial charge in [0.05, 0.1) is 11.0 Å². The van der Waals surface area contributed by atoms with E-state index in [9.17, 15) is 36.7 Å². The molecule has 4 rings (SSSR count). The van der Waals surface area contributed by atoms with Gasteiger partial charge in [0.25, 0.3) is 0 Å². The predicted molar refractivity (Wildman–Crippen MR) is 154 cm³/mol. The lowest BCUT2D eigenvalue weighted by Gasteiger charge is -2.32. The summed E-state index contributed by atoms with van der Waals surface area (Å²) in [6.45, 7) is 0.252. The Morgan fingerprint density at radius 1 is 0.767 bits per heavy atom. The Labute approximate surface area is 254 Å². The number of thioether (sulfide) groups is 1. The first-order valence-electron chi connectivity index (χ1n) is 15.7. The van der Waals surface area contributed by atoms with Crippen molar-refractivity contribution < 1.29 is 41.5 Å². The summed E-state index contributed by atoms with van der Waals surface area (Å²) >= 11 is 0.774. The van der Waals surface area contributed by atoms with Crippen molar-refractivity contribution >= 4 is 35.3 Å². The SMILES string of the molecule is O=C(CSC1CC(=O)N(CC2CCC(C(=O)C3CCCCCCCCCCC3)CC2)C1=O)Oc1c(F)c(F)cc(F)c1F. The van der Waals surface area contributed by atoms with E-state index in [1.165, 1.54) is 49.8 Å². The highest BCUT2D eigenvalue weighted by Crippen LogP contribution is 2.36. The number of amides is 2. The number of ketones is 1. The number of imide groups is 1. The normalized spacial score (nSPS) is 24.8. The number of benzene rings is 1. The lowest BCUT2D eigenvalue weighted by molar-refractivity contribution is -0.139. The van der Waals surface area contributed by atoms with Crippen LogP contribution >= 0.6 is 11.8 Å². The molecule has 0 N–H and O–H groups in total. The second kappa shape index (κ2) is 16.0. The average Bonchev–Trinajstić information content (AvgIpc) is 3.25. The molecule has 2 aliphatic carbocycles. The van der Waals surface area contributed by atoms with Gasteiger partial charge < -0.3 is 4.74 Å². The topological polar surface area (TPSA) is 80.8 Å². The van der Waals surface area contributed by atoms with E-state index in [0.29, 0.717) is 5.78 Å². The van der Waals surface area contributed by atoms with Crippen LogP contribution in [0.3, 0.4) is 0 Å². The lowest BCUT2D eigenvalue weighted by atomic mass is 9.75. The number of hydrogen-bond acceptors (Lipinski definition) is 6. The van der Waals surface area contributed by atoms with E-state index in [1.54, 1.807) is 0 Å². The van der Waals surface area contributed by atoms with E-state index in [0.717, 1.165) is 63.1 Å². The zero-order chi connectivity index (χ0) is 30.9. The van der Waals surface area contributed by atoms with E-state index in [2.05, 4.69) is 4.74 Å². The van der Waals surface area contributed by atoms with E-state index in [4.69, 9.17) is 0 Å². The highest BCUT2D eigenvalue weighted by atomic mass is 32.2. The molecule has 1 unspecified atom stereocenters. The third-order valence-electron chi connectivity index (χ3n) is 9.09. The Morgan fingerprint density at radius 2 is 1.28 bits per heavy atom. The van der Waals surface area contributed by atoms with Gasteiger partial charge in [-0.05, 0) is 44.4 Å². The standard InChI is InChI=1S/C32H41F4NO5S/c33-23-16-24(34)29(36)31(28(23)35)42-27(39)19-43-25-17-26(38)37(32(25)41)18-20-12-14-22(15-13-20)30(40)21-10-8-6-4-2-1-3-5-7-9-11-21/h16,20-22,25H,1-15,17-19H2. The van der Waals surface area contributed by atoms with Crippen LogP contribution in [-0.2, 0) is 19.2 Å². The van der Waals surface area contributed by atoms with Gasteiger partial charge in [0.1, 0.15) is 5.78 Å². The van der Waals surface area contributed by atoms with Crippen molar-refractivity contribution in [3.63, 3.8) is 0 Å². The first-order valence-corrected chi connectivity index (χ1v) is 16.7. The van der Waals surface area contributed by atoms with E-state index >= 15 is 0 Å². The molecule has 1 aliphatic heterocycles. The van der Waals surface area contributed by atoms with Crippen LogP contribution in [0.15, 0.2) is 6.07 Å². The molecule has 3 aliphatic rings. The molecular weight excluding hydrogens is 586 g/mol. The number of carbonyl (C=O) groups excluding carboxylic acids is 4. The Bertz CT molecular complexity index is 1130. The van der Waals surface area contributed by atoms with Crippen LogP contribution in [0.4, 0.5) is 17.6 Å². The summed E-state index contributed by atoms with van der Waals surface area (Å²) in [6.07, 6.45) is 15.9. The van der Waals surface area contributed by atoms with Crippen LogP contribution in [0, 0.1) is 41.0 Å². The van der Waals surface area contributed by atoms with Crippen molar-refractivity contribution in [3.05, 3.63) is 29.3 Å². The fraction of sp³-hybridized carbons (Fsp3) is 0.688. The minimum Gasteiger partial charge on any atom is -0.419 e. The molecule has 238 valence electrons. The number of ether oxygens (including phenoxy) is 1. The van der Waals surface area contributed by atoms with Crippen molar-refractivity contribution in [1.82, 2.24) is 4.90 Å². The molecule has 2 amide bonds. The molecule has 0 aromatic heterocycles. The quantitative estimate of drug-likeness (QED) is 0.0989. The maximum Gasteiger partial charge on any atom is 0.321 e. The molecule has 11 heteroatoms. The molecule has 1 atom stereocenters. The van der Waals surface area contributed by atoms with Gasteiger partial charge in [0.2, 0.25) is 29.2 Å². The van der Waals surface area contributed by atoms with E-state index < -0.39 is 51.9 Å². The molecule has 1 saturated heterocycles. The van der Waals surface area contributed by atoms with Crippen molar-refractivity contribution in [1.29, 1.82) is 0 Å². The smallest absolute Gasteiger partial charge is 0.321 e. The van der Waals surface area contributed by atoms with Crippen LogP contribution in [0.1, 0.15) is 103 Å². The number of nitrogens with zero attached hydrogens (tertiary/aromatic N) is 1. The van der Waals surface area contributed by atoms with Gasteiger partial charge in [0, 0.05) is 30.9 Å². The molecule has 6 nitrogen and oxygen atoms in total.